The monoisotopic (exact) mass is 342 g/mol. The molecule has 0 aliphatic rings. The van der Waals surface area contributed by atoms with Crippen molar-refractivity contribution in [1.29, 1.82) is 0 Å². The zero-order valence-electron chi connectivity index (χ0n) is 14.8. The van der Waals surface area contributed by atoms with Gasteiger partial charge in [-0.15, -0.1) is 0 Å². The van der Waals surface area contributed by atoms with Crippen LogP contribution in [0, 0.1) is 17.0 Å². The number of nitrogens with zero attached hydrogens (tertiary/aromatic N) is 3. The van der Waals surface area contributed by atoms with Gasteiger partial charge in [-0.05, 0) is 54.7 Å². The fourth-order valence-electron chi connectivity index (χ4n) is 2.38. The summed E-state index contributed by atoms with van der Waals surface area (Å²) in [6, 6.07) is 6.91. The summed E-state index contributed by atoms with van der Waals surface area (Å²) in [6.45, 7) is 8.74. The molecule has 0 radical (unpaired) electrons. The van der Waals surface area contributed by atoms with Gasteiger partial charge in [0.05, 0.1) is 17.7 Å². The van der Waals surface area contributed by atoms with E-state index in [2.05, 4.69) is 29.4 Å². The Bertz CT molecular complexity index is 788. The standard InChI is InChI=1S/C18H22N4O3/c1-5-25-17-9-13(4)14(10-15(17)12(2)3)11-20-21-18-16(22(23)24)7-6-8-19-18/h6-12H,5H2,1-4H3,(H,19,21)/b20-11-. The Morgan fingerprint density at radius 2 is 2.20 bits per heavy atom. The second kappa shape index (κ2) is 8.23. The highest BCUT2D eigenvalue weighted by Crippen LogP contribution is 2.29. The Kier molecular flexibility index (Phi) is 6.05. The fraction of sp³-hybridized carbons (Fsp3) is 0.333. The van der Waals surface area contributed by atoms with Crippen LogP contribution in [0.4, 0.5) is 11.5 Å². The van der Waals surface area contributed by atoms with Crippen LogP contribution in [0.5, 0.6) is 5.75 Å². The normalized spacial score (nSPS) is 11.1. The summed E-state index contributed by atoms with van der Waals surface area (Å²) in [4.78, 5) is 14.4. The van der Waals surface area contributed by atoms with Crippen LogP contribution in [0.2, 0.25) is 0 Å². The van der Waals surface area contributed by atoms with Crippen molar-refractivity contribution in [2.45, 2.75) is 33.6 Å². The van der Waals surface area contributed by atoms with Crippen LogP contribution in [0.3, 0.4) is 0 Å². The molecule has 25 heavy (non-hydrogen) atoms. The Morgan fingerprint density at radius 1 is 1.44 bits per heavy atom. The van der Waals surface area contributed by atoms with Crippen LogP contribution in [-0.2, 0) is 0 Å². The molecule has 0 saturated carbocycles. The zero-order valence-corrected chi connectivity index (χ0v) is 14.8. The molecule has 2 rings (SSSR count). The molecule has 7 nitrogen and oxygen atoms in total. The predicted molar refractivity (Wildman–Crippen MR) is 98.5 cm³/mol. The third-order valence-corrected chi connectivity index (χ3v) is 3.68. The third-order valence-electron chi connectivity index (χ3n) is 3.68. The smallest absolute Gasteiger partial charge is 0.313 e. The Balaban J connectivity index is 2.27. The van der Waals surface area contributed by atoms with Crippen LogP contribution in [0.1, 0.15) is 43.4 Å². The molecule has 1 heterocycles. The number of benzene rings is 1. The van der Waals surface area contributed by atoms with Crippen molar-refractivity contribution in [2.24, 2.45) is 5.10 Å². The average molecular weight is 342 g/mol. The van der Waals surface area contributed by atoms with Gasteiger partial charge in [-0.2, -0.15) is 5.10 Å². The van der Waals surface area contributed by atoms with E-state index in [0.29, 0.717) is 12.5 Å². The van der Waals surface area contributed by atoms with E-state index in [1.54, 1.807) is 6.21 Å². The Hall–Kier alpha value is -2.96. The molecule has 0 unspecified atom stereocenters. The molecule has 0 fully saturated rings. The van der Waals surface area contributed by atoms with E-state index in [-0.39, 0.29) is 11.5 Å². The number of ether oxygens (including phenoxy) is 1. The molecular formula is C18H22N4O3. The Labute approximate surface area is 146 Å². The molecule has 0 aliphatic heterocycles. The maximum Gasteiger partial charge on any atom is 0.313 e. The summed E-state index contributed by atoms with van der Waals surface area (Å²) < 4.78 is 5.70. The van der Waals surface area contributed by atoms with Gasteiger partial charge in [0.1, 0.15) is 5.75 Å². The molecule has 1 aromatic heterocycles. The summed E-state index contributed by atoms with van der Waals surface area (Å²) >= 11 is 0. The van der Waals surface area contributed by atoms with Gasteiger partial charge in [0.25, 0.3) is 0 Å². The zero-order chi connectivity index (χ0) is 18.4. The van der Waals surface area contributed by atoms with E-state index in [0.717, 1.165) is 22.4 Å². The molecule has 0 spiro atoms. The first-order valence-electron chi connectivity index (χ1n) is 8.09. The topological polar surface area (TPSA) is 89.7 Å². The van der Waals surface area contributed by atoms with Crippen LogP contribution >= 0.6 is 0 Å². The number of hydrazone groups is 1. The van der Waals surface area contributed by atoms with Crippen molar-refractivity contribution in [3.8, 4) is 5.75 Å². The fourth-order valence-corrected chi connectivity index (χ4v) is 2.38. The lowest BCUT2D eigenvalue weighted by atomic mass is 9.97. The molecule has 0 bridgehead atoms. The SMILES string of the molecule is CCOc1cc(C)c(/C=N\Nc2ncccc2[N+](=O)[O-])cc1C(C)C. The second-order valence-corrected chi connectivity index (χ2v) is 5.83. The minimum atomic E-state index is -0.496. The number of nitro groups is 1. The van der Waals surface area contributed by atoms with Gasteiger partial charge in [-0.3, -0.25) is 15.5 Å². The molecule has 0 aliphatic carbocycles. The number of pyridine rings is 1. The predicted octanol–water partition coefficient (Wildman–Crippen LogP) is 4.27. The first-order chi connectivity index (χ1) is 11.9. The Morgan fingerprint density at radius 3 is 2.84 bits per heavy atom. The van der Waals surface area contributed by atoms with Gasteiger partial charge >= 0.3 is 5.69 Å². The minimum Gasteiger partial charge on any atom is -0.494 e. The van der Waals surface area contributed by atoms with Crippen LogP contribution in [0.15, 0.2) is 35.6 Å². The maximum absolute atomic E-state index is 11.0. The van der Waals surface area contributed by atoms with Gasteiger partial charge in [-0.25, -0.2) is 4.98 Å². The highest BCUT2D eigenvalue weighted by molar-refractivity contribution is 5.83. The van der Waals surface area contributed by atoms with Crippen molar-refractivity contribution in [3.63, 3.8) is 0 Å². The number of rotatable bonds is 7. The van der Waals surface area contributed by atoms with Crippen molar-refractivity contribution in [2.75, 3.05) is 12.0 Å². The van der Waals surface area contributed by atoms with Gasteiger partial charge in [0.2, 0.25) is 5.82 Å². The van der Waals surface area contributed by atoms with Crippen molar-refractivity contribution in [3.05, 3.63) is 57.3 Å². The lowest BCUT2D eigenvalue weighted by Gasteiger charge is -2.15. The van der Waals surface area contributed by atoms with E-state index >= 15 is 0 Å². The van der Waals surface area contributed by atoms with E-state index < -0.39 is 4.92 Å². The molecule has 2 aromatic rings. The summed E-state index contributed by atoms with van der Waals surface area (Å²) in [5, 5.41) is 15.1. The summed E-state index contributed by atoms with van der Waals surface area (Å²) in [6.07, 6.45) is 3.11. The number of aryl methyl sites for hydroxylation is 1. The van der Waals surface area contributed by atoms with Gasteiger partial charge in [0, 0.05) is 12.3 Å². The third kappa shape index (κ3) is 4.53. The van der Waals surface area contributed by atoms with E-state index in [1.807, 2.05) is 26.0 Å². The first kappa shape index (κ1) is 18.4. The lowest BCUT2D eigenvalue weighted by molar-refractivity contribution is -0.384. The molecule has 7 heteroatoms. The summed E-state index contributed by atoms with van der Waals surface area (Å²) in [7, 11) is 0. The van der Waals surface area contributed by atoms with Crippen molar-refractivity contribution < 1.29 is 9.66 Å². The largest absolute Gasteiger partial charge is 0.494 e. The number of hydrogen-bond donors (Lipinski definition) is 1. The number of aromatic nitrogens is 1. The van der Waals surface area contributed by atoms with Crippen LogP contribution < -0.4 is 10.2 Å². The van der Waals surface area contributed by atoms with Gasteiger partial charge < -0.3 is 4.74 Å². The van der Waals surface area contributed by atoms with Gasteiger partial charge in [0.15, 0.2) is 0 Å². The van der Waals surface area contributed by atoms with Crippen LogP contribution in [0.25, 0.3) is 0 Å². The summed E-state index contributed by atoms with van der Waals surface area (Å²) in [5.41, 5.74) is 5.54. The molecule has 0 saturated heterocycles. The van der Waals surface area contributed by atoms with E-state index in [9.17, 15) is 10.1 Å². The van der Waals surface area contributed by atoms with E-state index in [1.165, 1.54) is 18.3 Å². The molecule has 0 amide bonds. The number of hydrogen-bond acceptors (Lipinski definition) is 6. The second-order valence-electron chi connectivity index (χ2n) is 5.83. The molecule has 132 valence electrons. The summed E-state index contributed by atoms with van der Waals surface area (Å²) in [5.74, 6) is 1.29. The van der Waals surface area contributed by atoms with E-state index in [4.69, 9.17) is 4.74 Å². The highest BCUT2D eigenvalue weighted by Gasteiger charge is 2.13. The maximum atomic E-state index is 11.0. The lowest BCUT2D eigenvalue weighted by Crippen LogP contribution is -2.02. The van der Waals surface area contributed by atoms with Crippen molar-refractivity contribution >= 4 is 17.7 Å². The number of nitrogens with one attached hydrogen (secondary N) is 1. The van der Waals surface area contributed by atoms with Crippen LogP contribution in [-0.4, -0.2) is 22.7 Å². The highest BCUT2D eigenvalue weighted by atomic mass is 16.6. The number of anilines is 1. The van der Waals surface area contributed by atoms with Gasteiger partial charge in [-0.1, -0.05) is 13.8 Å². The first-order valence-corrected chi connectivity index (χ1v) is 8.09. The average Bonchev–Trinajstić information content (AvgIpc) is 2.57. The van der Waals surface area contributed by atoms with Crippen molar-refractivity contribution in [1.82, 2.24) is 4.98 Å². The molecular weight excluding hydrogens is 320 g/mol. The minimum absolute atomic E-state index is 0.108. The molecule has 1 N–H and O–H groups in total. The quantitative estimate of drug-likeness (QED) is 0.461. The molecule has 0 atom stereocenters. The molecule has 1 aromatic carbocycles.